The Kier molecular flexibility index (Phi) is 6.78. The molecule has 0 aromatic heterocycles. The van der Waals surface area contributed by atoms with Gasteiger partial charge >= 0.3 is 0 Å². The zero-order valence-electron chi connectivity index (χ0n) is 19.3. The molecule has 0 bridgehead atoms. The zero-order valence-corrected chi connectivity index (χ0v) is 19.3. The molecule has 1 aliphatic heterocycles. The smallest absolute Gasteiger partial charge is 0.220 e. The minimum atomic E-state index is -0.457. The van der Waals surface area contributed by atoms with Gasteiger partial charge in [-0.2, -0.15) is 0 Å². The molecule has 1 saturated heterocycles. The topological polar surface area (TPSA) is 30.9 Å². The predicted octanol–water partition coefficient (Wildman–Crippen LogP) is 6.63. The van der Waals surface area contributed by atoms with Crippen LogP contribution < -0.4 is 14.3 Å². The summed E-state index contributed by atoms with van der Waals surface area (Å²) in [6.45, 7) is 2.87. The monoisotopic (exact) mass is 451 g/mol. The van der Waals surface area contributed by atoms with E-state index in [1.807, 2.05) is 96.1 Å². The molecule has 1 fully saturated rings. The number of hydrogen-bond acceptors (Lipinski definition) is 4. The van der Waals surface area contributed by atoms with E-state index < -0.39 is 6.23 Å². The van der Waals surface area contributed by atoms with Crippen LogP contribution in [-0.4, -0.2) is 23.9 Å². The molecule has 3 unspecified atom stereocenters. The molecule has 0 N–H and O–H groups in total. The van der Waals surface area contributed by atoms with Crippen molar-refractivity contribution in [2.24, 2.45) is 0 Å². The molecule has 0 spiro atoms. The number of nitrogens with zero attached hydrogens (tertiary/aromatic N) is 1. The van der Waals surface area contributed by atoms with Crippen LogP contribution in [0.1, 0.15) is 23.5 Å². The van der Waals surface area contributed by atoms with Crippen LogP contribution in [0.4, 0.5) is 0 Å². The van der Waals surface area contributed by atoms with Gasteiger partial charge < -0.3 is 14.3 Å². The van der Waals surface area contributed by atoms with Crippen molar-refractivity contribution in [3.05, 3.63) is 126 Å². The Bertz CT molecular complexity index is 1170. The third kappa shape index (κ3) is 5.08. The summed E-state index contributed by atoms with van der Waals surface area (Å²) >= 11 is 0. The van der Waals surface area contributed by atoms with Crippen LogP contribution in [0, 0.1) is 6.92 Å². The first-order valence-corrected chi connectivity index (χ1v) is 11.8. The summed E-state index contributed by atoms with van der Waals surface area (Å²) in [7, 11) is 0. The van der Waals surface area contributed by atoms with Crippen molar-refractivity contribution in [1.82, 2.24) is 5.06 Å². The molecule has 1 heterocycles. The molecule has 3 atom stereocenters. The molecule has 4 heteroatoms. The van der Waals surface area contributed by atoms with Crippen molar-refractivity contribution in [1.29, 1.82) is 0 Å². The quantitative estimate of drug-likeness (QED) is 0.315. The fourth-order valence-corrected chi connectivity index (χ4v) is 4.53. The first kappa shape index (κ1) is 22.1. The van der Waals surface area contributed by atoms with Gasteiger partial charge in [-0.15, -0.1) is 0 Å². The fourth-order valence-electron chi connectivity index (χ4n) is 4.53. The molecule has 4 nitrogen and oxygen atoms in total. The highest BCUT2D eigenvalue weighted by molar-refractivity contribution is 5.33. The van der Waals surface area contributed by atoms with E-state index in [2.05, 4.69) is 31.2 Å². The average Bonchev–Trinajstić information content (AvgIpc) is 2.88. The number of rotatable bonds is 7. The average molecular weight is 452 g/mol. The van der Waals surface area contributed by atoms with Crippen LogP contribution >= 0.6 is 0 Å². The normalized spacial score (nSPS) is 20.4. The first-order chi connectivity index (χ1) is 16.8. The predicted molar refractivity (Wildman–Crippen MR) is 134 cm³/mol. The number of hydrogen-bond donors (Lipinski definition) is 0. The standard InChI is InChI=1S/C30H29NO3/c1-23-13-11-12-20-27(23)28-21-22-31(34-26-18-9-4-10-19-26)30(33-25-16-7-3-8-17-25)29(28)32-24-14-5-2-6-15-24/h2-20,28-30H,21-22H2,1H3. The van der Waals surface area contributed by atoms with Crippen molar-refractivity contribution in [3.63, 3.8) is 0 Å². The van der Waals surface area contributed by atoms with Gasteiger partial charge in [0.1, 0.15) is 17.2 Å². The van der Waals surface area contributed by atoms with Crippen LogP contribution in [0.15, 0.2) is 115 Å². The number of benzene rings is 4. The third-order valence-corrected chi connectivity index (χ3v) is 6.19. The lowest BCUT2D eigenvalue weighted by Crippen LogP contribution is -2.58. The van der Waals surface area contributed by atoms with E-state index in [0.29, 0.717) is 6.54 Å². The SMILES string of the molecule is Cc1ccccc1C1CCN(Oc2ccccc2)C(Oc2ccccc2)C1Oc1ccccc1. The van der Waals surface area contributed by atoms with E-state index in [0.717, 1.165) is 23.7 Å². The molecular formula is C30H29NO3. The summed E-state index contributed by atoms with van der Waals surface area (Å²) in [6, 6.07) is 38.2. The van der Waals surface area contributed by atoms with Gasteiger partial charge in [-0.1, -0.05) is 83.9 Å². The number of ether oxygens (including phenoxy) is 2. The second kappa shape index (κ2) is 10.4. The second-order valence-corrected chi connectivity index (χ2v) is 8.51. The summed E-state index contributed by atoms with van der Waals surface area (Å²) in [5.74, 6) is 2.51. The van der Waals surface area contributed by atoms with E-state index in [4.69, 9.17) is 14.3 Å². The lowest BCUT2D eigenvalue weighted by atomic mass is 9.84. The zero-order chi connectivity index (χ0) is 23.2. The molecule has 1 aliphatic rings. The molecule has 4 aromatic carbocycles. The van der Waals surface area contributed by atoms with E-state index in [1.165, 1.54) is 11.1 Å². The summed E-state index contributed by atoms with van der Waals surface area (Å²) in [5.41, 5.74) is 2.54. The number of para-hydroxylation sites is 3. The minimum absolute atomic E-state index is 0.144. The van der Waals surface area contributed by atoms with Crippen LogP contribution in [0.2, 0.25) is 0 Å². The summed E-state index contributed by atoms with van der Waals surface area (Å²) < 4.78 is 13.3. The fraction of sp³-hybridized carbons (Fsp3) is 0.200. The van der Waals surface area contributed by atoms with Gasteiger partial charge in [0, 0.05) is 12.5 Å². The van der Waals surface area contributed by atoms with Crippen LogP contribution in [-0.2, 0) is 0 Å². The van der Waals surface area contributed by atoms with Crippen LogP contribution in [0.5, 0.6) is 17.2 Å². The van der Waals surface area contributed by atoms with Gasteiger partial charge in [0.25, 0.3) is 0 Å². The highest BCUT2D eigenvalue weighted by atomic mass is 16.7. The number of hydroxylamine groups is 2. The summed E-state index contributed by atoms with van der Waals surface area (Å²) in [6.07, 6.45) is 0.131. The lowest BCUT2D eigenvalue weighted by molar-refractivity contribution is -0.213. The Labute approximate surface area is 201 Å². The largest absolute Gasteiger partial charge is 0.484 e. The first-order valence-electron chi connectivity index (χ1n) is 11.8. The van der Waals surface area contributed by atoms with Gasteiger partial charge in [-0.25, -0.2) is 0 Å². The summed E-state index contributed by atoms with van der Waals surface area (Å²) in [5, 5.41) is 1.92. The van der Waals surface area contributed by atoms with Crippen molar-refractivity contribution in [2.45, 2.75) is 31.6 Å². The van der Waals surface area contributed by atoms with Crippen molar-refractivity contribution in [3.8, 4) is 17.2 Å². The summed E-state index contributed by atoms with van der Waals surface area (Å²) in [4.78, 5) is 6.35. The third-order valence-electron chi connectivity index (χ3n) is 6.19. The van der Waals surface area contributed by atoms with Crippen LogP contribution in [0.3, 0.4) is 0 Å². The maximum absolute atomic E-state index is 6.68. The molecule has 0 radical (unpaired) electrons. The maximum atomic E-state index is 6.68. The second-order valence-electron chi connectivity index (χ2n) is 8.51. The van der Waals surface area contributed by atoms with Crippen molar-refractivity contribution < 1.29 is 14.3 Å². The highest BCUT2D eigenvalue weighted by Gasteiger charge is 2.44. The Morgan fingerprint density at radius 2 is 1.15 bits per heavy atom. The Balaban J connectivity index is 1.54. The minimum Gasteiger partial charge on any atom is -0.484 e. The van der Waals surface area contributed by atoms with Gasteiger partial charge in [-0.3, -0.25) is 0 Å². The molecule has 172 valence electrons. The van der Waals surface area contributed by atoms with E-state index in [1.54, 1.807) is 0 Å². The van der Waals surface area contributed by atoms with Gasteiger partial charge in [0.15, 0.2) is 6.10 Å². The highest BCUT2D eigenvalue weighted by Crippen LogP contribution is 2.37. The molecule has 0 amide bonds. The lowest BCUT2D eigenvalue weighted by Gasteiger charge is -2.44. The van der Waals surface area contributed by atoms with Gasteiger partial charge in [-0.05, 0) is 60.9 Å². The van der Waals surface area contributed by atoms with E-state index in [9.17, 15) is 0 Å². The number of aryl methyl sites for hydroxylation is 1. The maximum Gasteiger partial charge on any atom is 0.220 e. The molecule has 5 rings (SSSR count). The molecule has 0 aliphatic carbocycles. The number of piperidine rings is 1. The van der Waals surface area contributed by atoms with Crippen molar-refractivity contribution in [2.75, 3.05) is 6.54 Å². The Morgan fingerprint density at radius 3 is 1.76 bits per heavy atom. The molecular weight excluding hydrogens is 422 g/mol. The van der Waals surface area contributed by atoms with E-state index >= 15 is 0 Å². The Hall–Kier alpha value is -3.76. The van der Waals surface area contributed by atoms with Gasteiger partial charge in [0.05, 0.1) is 0 Å². The van der Waals surface area contributed by atoms with E-state index in [-0.39, 0.29) is 12.0 Å². The Morgan fingerprint density at radius 1 is 0.618 bits per heavy atom. The molecule has 34 heavy (non-hydrogen) atoms. The van der Waals surface area contributed by atoms with Crippen molar-refractivity contribution >= 4 is 0 Å². The van der Waals surface area contributed by atoms with Gasteiger partial charge in [0.2, 0.25) is 6.23 Å². The molecule has 4 aromatic rings. The van der Waals surface area contributed by atoms with Crippen LogP contribution in [0.25, 0.3) is 0 Å². The molecule has 0 saturated carbocycles.